The highest BCUT2D eigenvalue weighted by Gasteiger charge is 2.51. The van der Waals surface area contributed by atoms with Gasteiger partial charge in [0.15, 0.2) is 12.6 Å². The highest BCUT2D eigenvalue weighted by Crippen LogP contribution is 2.31. The molecule has 0 bridgehead atoms. The van der Waals surface area contributed by atoms with E-state index in [9.17, 15) is 30.6 Å². The molecule has 2 aliphatic heterocycles. The Hall–Kier alpha value is -0.980. The second-order valence-corrected chi connectivity index (χ2v) is 9.45. The summed E-state index contributed by atoms with van der Waals surface area (Å²) in [6, 6.07) is -2.93. The van der Waals surface area contributed by atoms with Gasteiger partial charge in [0.2, 0.25) is 0 Å². The van der Waals surface area contributed by atoms with Gasteiger partial charge in [0.25, 0.3) is 0 Å². The Morgan fingerprint density at radius 3 is 2.32 bits per heavy atom. The summed E-state index contributed by atoms with van der Waals surface area (Å²) in [7, 11) is 1.57. The average molecular weight is 495 g/mol. The van der Waals surface area contributed by atoms with Gasteiger partial charge in [-0.25, -0.2) is 0 Å². The van der Waals surface area contributed by atoms with Crippen LogP contribution in [0.15, 0.2) is 11.8 Å². The monoisotopic (exact) mass is 494 g/mol. The van der Waals surface area contributed by atoms with E-state index in [1.807, 2.05) is 0 Å². The van der Waals surface area contributed by atoms with Crippen LogP contribution in [-0.4, -0.2) is 129 Å². The van der Waals surface area contributed by atoms with E-state index < -0.39 is 85.1 Å². The van der Waals surface area contributed by atoms with Crippen LogP contribution in [0.2, 0.25) is 0 Å². The van der Waals surface area contributed by atoms with Gasteiger partial charge in [-0.15, -0.1) is 0 Å². The zero-order chi connectivity index (χ0) is 25.5. The number of aliphatic hydroxyl groups excluding tert-OH is 5. The Kier molecular flexibility index (Phi) is 8.57. The number of rotatable bonds is 6. The molecule has 13 N–H and O–H groups in total. The van der Waals surface area contributed by atoms with E-state index in [1.54, 1.807) is 7.05 Å². The molecule has 1 aliphatic carbocycles. The zero-order valence-corrected chi connectivity index (χ0v) is 19.3. The third kappa shape index (κ3) is 5.24. The van der Waals surface area contributed by atoms with Crippen LogP contribution in [0, 0.1) is 0 Å². The first-order valence-electron chi connectivity index (χ1n) is 11.2. The minimum Gasteiger partial charge on any atom is -0.400 e. The van der Waals surface area contributed by atoms with Crippen molar-refractivity contribution in [2.45, 2.75) is 99.0 Å². The minimum atomic E-state index is -1.48. The van der Waals surface area contributed by atoms with Crippen LogP contribution < -0.4 is 22.5 Å². The van der Waals surface area contributed by atoms with Gasteiger partial charge in [0.1, 0.15) is 48.3 Å². The van der Waals surface area contributed by atoms with Gasteiger partial charge in [-0.1, -0.05) is 0 Å². The highest BCUT2D eigenvalue weighted by molar-refractivity contribution is 5.19. The van der Waals surface area contributed by atoms with Crippen LogP contribution in [0.1, 0.15) is 13.8 Å². The Morgan fingerprint density at radius 2 is 1.74 bits per heavy atom. The molecular formula is C20H38N4O10. The summed E-state index contributed by atoms with van der Waals surface area (Å²) >= 11 is 0. The lowest BCUT2D eigenvalue weighted by Gasteiger charge is -2.47. The Labute approximate surface area is 197 Å². The van der Waals surface area contributed by atoms with Crippen LogP contribution in [0.4, 0.5) is 0 Å². The molecule has 34 heavy (non-hydrogen) atoms. The number of hydrogen-bond donors (Lipinski definition) is 10. The van der Waals surface area contributed by atoms with Crippen molar-refractivity contribution in [2.75, 3.05) is 13.7 Å². The Bertz CT molecular complexity index is 727. The van der Waals surface area contributed by atoms with Crippen molar-refractivity contribution in [2.24, 2.45) is 17.2 Å². The molecule has 14 nitrogen and oxygen atoms in total. The molecule has 0 spiro atoms. The molecule has 0 amide bonds. The normalized spacial score (nSPS) is 51.1. The lowest BCUT2D eigenvalue weighted by molar-refractivity contribution is -0.310. The first-order chi connectivity index (χ1) is 15.8. The van der Waals surface area contributed by atoms with E-state index in [2.05, 4.69) is 5.32 Å². The molecule has 0 aromatic rings. The van der Waals surface area contributed by atoms with Crippen LogP contribution in [0.25, 0.3) is 0 Å². The summed E-state index contributed by atoms with van der Waals surface area (Å²) in [6.45, 7) is 2.71. The third-order valence-corrected chi connectivity index (χ3v) is 6.61. The number of hydrogen-bond acceptors (Lipinski definition) is 14. The molecule has 2 saturated heterocycles. The summed E-state index contributed by atoms with van der Waals surface area (Å²) in [5, 5.41) is 65.1. The number of ether oxygens (including phenoxy) is 4. The average Bonchev–Trinajstić information content (AvgIpc) is 2.75. The van der Waals surface area contributed by atoms with Gasteiger partial charge in [-0.05, 0) is 27.0 Å². The van der Waals surface area contributed by atoms with Crippen molar-refractivity contribution in [1.29, 1.82) is 0 Å². The fourth-order valence-corrected chi connectivity index (χ4v) is 4.64. The minimum absolute atomic E-state index is 0.0696. The van der Waals surface area contributed by atoms with Gasteiger partial charge in [0, 0.05) is 5.70 Å². The predicted octanol–water partition coefficient (Wildman–Crippen LogP) is -5.49. The molecule has 0 saturated carbocycles. The second-order valence-electron chi connectivity index (χ2n) is 9.45. The maximum atomic E-state index is 11.0. The van der Waals surface area contributed by atoms with Crippen molar-refractivity contribution >= 4 is 0 Å². The molecule has 0 unspecified atom stereocenters. The first kappa shape index (κ1) is 27.6. The lowest BCUT2D eigenvalue weighted by Crippen LogP contribution is -2.67. The summed E-state index contributed by atoms with van der Waals surface area (Å²) in [5.41, 5.74) is 16.8. The van der Waals surface area contributed by atoms with Gasteiger partial charge in [-0.3, -0.25) is 0 Å². The van der Waals surface area contributed by atoms with E-state index in [-0.39, 0.29) is 12.3 Å². The summed E-state index contributed by atoms with van der Waals surface area (Å²) < 4.78 is 22.6. The van der Waals surface area contributed by atoms with Gasteiger partial charge in [0.05, 0.1) is 30.8 Å². The number of aliphatic hydroxyl groups is 6. The molecule has 0 aromatic heterocycles. The standard InChI is InChI=1S/C20H38N4O10/c1-6(25)14-11(27)10(26)9(23)18(32-14)33-15-7(21)4-8(22)16(12(15)28)34-19-13(29)17(24-3)20(2,30)5-31-19/h4,6-7,9-19,24-30H,5,21-23H2,1-3H3/t6-,7+,9-,10-,11+,12+,13-,14-,15-,16+,17-,18-,19-,20+/m1/s1. The summed E-state index contributed by atoms with van der Waals surface area (Å²) in [6.07, 6.45) is -11.6. The number of nitrogens with two attached hydrogens (primary N) is 3. The van der Waals surface area contributed by atoms with Gasteiger partial charge < -0.3 is 72.1 Å². The second kappa shape index (κ2) is 10.6. The van der Waals surface area contributed by atoms with Gasteiger partial charge in [-0.2, -0.15) is 0 Å². The van der Waals surface area contributed by atoms with Crippen molar-refractivity contribution in [3.8, 4) is 0 Å². The predicted molar refractivity (Wildman–Crippen MR) is 116 cm³/mol. The van der Waals surface area contributed by atoms with Crippen molar-refractivity contribution in [3.63, 3.8) is 0 Å². The van der Waals surface area contributed by atoms with Gasteiger partial charge >= 0.3 is 0 Å². The number of nitrogens with one attached hydrogen (secondary N) is 1. The fraction of sp³-hybridized carbons (Fsp3) is 0.900. The molecule has 14 heteroatoms. The lowest BCUT2D eigenvalue weighted by atomic mass is 9.89. The zero-order valence-electron chi connectivity index (χ0n) is 19.3. The molecule has 3 rings (SSSR count). The first-order valence-corrected chi connectivity index (χ1v) is 11.2. The molecule has 3 aliphatic rings. The van der Waals surface area contributed by atoms with Crippen LogP contribution in [0.5, 0.6) is 0 Å². The molecule has 198 valence electrons. The quantitative estimate of drug-likeness (QED) is 0.165. The Balaban J connectivity index is 1.75. The van der Waals surface area contributed by atoms with Crippen LogP contribution >= 0.6 is 0 Å². The molecule has 2 heterocycles. The molecule has 0 aromatic carbocycles. The summed E-state index contributed by atoms with van der Waals surface area (Å²) in [4.78, 5) is 0. The fourth-order valence-electron chi connectivity index (χ4n) is 4.64. The van der Waals surface area contributed by atoms with E-state index >= 15 is 0 Å². The molecule has 0 radical (unpaired) electrons. The van der Waals surface area contributed by atoms with E-state index in [1.165, 1.54) is 19.9 Å². The molecular weight excluding hydrogens is 456 g/mol. The molecule has 2 fully saturated rings. The molecule has 14 atom stereocenters. The van der Waals surface area contributed by atoms with E-state index in [0.29, 0.717) is 0 Å². The SMILES string of the molecule is CN[C@@H]1[C@@H](O)[C@@H](O[C@H]2C(N)=C[C@H](N)[C@@H](O[C@H]3O[C@H]([C@@H](C)O)[C@@H](O)[C@H](O)[C@H]3N)[C@@H]2O)OC[C@]1(C)O. The third-order valence-electron chi connectivity index (χ3n) is 6.61. The topological polar surface area (TPSA) is 248 Å². The van der Waals surface area contributed by atoms with E-state index in [4.69, 9.17) is 36.1 Å². The van der Waals surface area contributed by atoms with Crippen LogP contribution in [-0.2, 0) is 18.9 Å². The van der Waals surface area contributed by atoms with E-state index in [0.717, 1.165) is 0 Å². The maximum Gasteiger partial charge on any atom is 0.186 e. The Morgan fingerprint density at radius 1 is 1.09 bits per heavy atom. The number of likely N-dealkylation sites (N-methyl/N-ethyl adjacent to an activating group) is 1. The van der Waals surface area contributed by atoms with Crippen LogP contribution in [0.3, 0.4) is 0 Å². The largest absolute Gasteiger partial charge is 0.400 e. The van der Waals surface area contributed by atoms with Crippen molar-refractivity contribution in [3.05, 3.63) is 11.8 Å². The van der Waals surface area contributed by atoms with Crippen molar-refractivity contribution < 1.29 is 49.6 Å². The summed E-state index contributed by atoms with van der Waals surface area (Å²) in [5.74, 6) is 0. The maximum absolute atomic E-state index is 11.0. The highest BCUT2D eigenvalue weighted by atomic mass is 16.7. The smallest absolute Gasteiger partial charge is 0.186 e. The van der Waals surface area contributed by atoms with Crippen molar-refractivity contribution in [1.82, 2.24) is 5.32 Å².